The summed E-state index contributed by atoms with van der Waals surface area (Å²) in [5.41, 5.74) is 3.96. The summed E-state index contributed by atoms with van der Waals surface area (Å²) < 4.78 is 6.16. The summed E-state index contributed by atoms with van der Waals surface area (Å²) in [5, 5.41) is 3.48. The van der Waals surface area contributed by atoms with Gasteiger partial charge in [-0.1, -0.05) is 42.7 Å². The molecule has 0 aliphatic carbocycles. The molecule has 0 bridgehead atoms. The van der Waals surface area contributed by atoms with Gasteiger partial charge >= 0.3 is 0 Å². The van der Waals surface area contributed by atoms with Gasteiger partial charge in [0.2, 0.25) is 0 Å². The summed E-state index contributed by atoms with van der Waals surface area (Å²) in [6, 6.07) is 6.70. The van der Waals surface area contributed by atoms with Gasteiger partial charge in [0.25, 0.3) is 0 Å². The van der Waals surface area contributed by atoms with Crippen molar-refractivity contribution in [1.29, 1.82) is 0 Å². The molecule has 1 aromatic carbocycles. The topological polar surface area (TPSA) is 21.3 Å². The van der Waals surface area contributed by atoms with Gasteiger partial charge in [0.15, 0.2) is 0 Å². The number of rotatable bonds is 3. The number of morpholine rings is 1. The summed E-state index contributed by atoms with van der Waals surface area (Å²) in [7, 11) is 0. The lowest BCUT2D eigenvalue weighted by molar-refractivity contribution is -0.0425. The van der Waals surface area contributed by atoms with E-state index in [2.05, 4.69) is 44.3 Å². The van der Waals surface area contributed by atoms with Crippen molar-refractivity contribution in [2.45, 2.75) is 45.8 Å². The highest BCUT2D eigenvalue weighted by atomic mass is 16.5. The Morgan fingerprint density at radius 1 is 1.18 bits per heavy atom. The van der Waals surface area contributed by atoms with Crippen molar-refractivity contribution in [3.63, 3.8) is 0 Å². The van der Waals surface area contributed by atoms with E-state index in [4.69, 9.17) is 4.74 Å². The van der Waals surface area contributed by atoms with Crippen molar-refractivity contribution in [3.05, 3.63) is 34.9 Å². The van der Waals surface area contributed by atoms with Crippen LogP contribution in [0.5, 0.6) is 0 Å². The summed E-state index contributed by atoms with van der Waals surface area (Å²) >= 11 is 0. The predicted octanol–water partition coefficient (Wildman–Crippen LogP) is 3.13. The first-order valence-corrected chi connectivity index (χ1v) is 6.63. The highest BCUT2D eigenvalue weighted by molar-refractivity contribution is 5.30. The minimum absolute atomic E-state index is 0.221. The van der Waals surface area contributed by atoms with Gasteiger partial charge < -0.3 is 10.1 Å². The third-order valence-electron chi connectivity index (χ3n) is 3.28. The van der Waals surface area contributed by atoms with Crippen LogP contribution in [0.25, 0.3) is 0 Å². The Kier molecular flexibility index (Phi) is 4.19. The van der Waals surface area contributed by atoms with Gasteiger partial charge in [-0.25, -0.2) is 0 Å². The molecule has 0 saturated carbocycles. The summed E-state index contributed by atoms with van der Waals surface area (Å²) in [6.07, 6.45) is 2.93. The predicted molar refractivity (Wildman–Crippen MR) is 71.3 cm³/mol. The molecule has 1 saturated heterocycles. The molecule has 1 N–H and O–H groups in total. The second-order valence-electron chi connectivity index (χ2n) is 5.11. The summed E-state index contributed by atoms with van der Waals surface area (Å²) in [5.74, 6) is 0. The largest absolute Gasteiger partial charge is 0.368 e. The lowest BCUT2D eigenvalue weighted by Crippen LogP contribution is -2.40. The third-order valence-corrected chi connectivity index (χ3v) is 3.28. The minimum atomic E-state index is 0.221. The van der Waals surface area contributed by atoms with E-state index in [0.717, 1.165) is 19.5 Å². The van der Waals surface area contributed by atoms with Crippen molar-refractivity contribution in [3.8, 4) is 0 Å². The molecular weight excluding hydrogens is 210 g/mol. The molecule has 2 unspecified atom stereocenters. The average molecular weight is 233 g/mol. The zero-order valence-electron chi connectivity index (χ0n) is 11.1. The van der Waals surface area contributed by atoms with E-state index in [0.29, 0.717) is 6.10 Å². The van der Waals surface area contributed by atoms with Crippen LogP contribution in [0, 0.1) is 13.8 Å². The first kappa shape index (κ1) is 12.6. The Labute approximate surface area is 104 Å². The Morgan fingerprint density at radius 3 is 2.53 bits per heavy atom. The highest BCUT2D eigenvalue weighted by Crippen LogP contribution is 2.24. The molecule has 94 valence electrons. The molecule has 2 heteroatoms. The summed E-state index contributed by atoms with van der Waals surface area (Å²) in [6.45, 7) is 8.44. The molecule has 0 amide bonds. The van der Waals surface area contributed by atoms with Gasteiger partial charge in [0, 0.05) is 13.1 Å². The quantitative estimate of drug-likeness (QED) is 0.866. The highest BCUT2D eigenvalue weighted by Gasteiger charge is 2.22. The molecule has 0 spiro atoms. The van der Waals surface area contributed by atoms with Gasteiger partial charge in [-0.2, -0.15) is 0 Å². The molecule has 0 aromatic heterocycles. The molecule has 2 atom stereocenters. The van der Waals surface area contributed by atoms with Crippen LogP contribution in [0.4, 0.5) is 0 Å². The molecule has 2 nitrogen and oxygen atoms in total. The van der Waals surface area contributed by atoms with Crippen LogP contribution in [0.2, 0.25) is 0 Å². The lowest BCUT2D eigenvalue weighted by Gasteiger charge is -2.31. The monoisotopic (exact) mass is 233 g/mol. The zero-order chi connectivity index (χ0) is 12.3. The second-order valence-corrected chi connectivity index (χ2v) is 5.11. The molecule has 1 aliphatic rings. The molecule has 1 aromatic rings. The van der Waals surface area contributed by atoms with Crippen LogP contribution in [0.15, 0.2) is 18.2 Å². The van der Waals surface area contributed by atoms with Crippen molar-refractivity contribution in [2.24, 2.45) is 0 Å². The van der Waals surface area contributed by atoms with Crippen LogP contribution < -0.4 is 5.32 Å². The Morgan fingerprint density at radius 2 is 1.88 bits per heavy atom. The normalized spacial score (nSPS) is 24.9. The molecule has 1 fully saturated rings. The third kappa shape index (κ3) is 3.30. The van der Waals surface area contributed by atoms with E-state index in [1.165, 1.54) is 23.1 Å². The first-order valence-electron chi connectivity index (χ1n) is 6.63. The van der Waals surface area contributed by atoms with Crippen molar-refractivity contribution >= 4 is 0 Å². The Balaban J connectivity index is 2.10. The SMILES string of the molecule is CCCC1CNCC(c2cc(C)cc(C)c2)O1. The number of nitrogens with one attached hydrogen (secondary N) is 1. The van der Waals surface area contributed by atoms with Crippen molar-refractivity contribution < 1.29 is 4.74 Å². The fourth-order valence-electron chi connectivity index (χ4n) is 2.59. The molecule has 2 rings (SSSR count). The second kappa shape index (κ2) is 5.65. The van der Waals surface area contributed by atoms with Gasteiger partial charge in [-0.05, 0) is 25.8 Å². The number of hydrogen-bond acceptors (Lipinski definition) is 2. The molecule has 0 radical (unpaired) electrons. The maximum Gasteiger partial charge on any atom is 0.0953 e. The fraction of sp³-hybridized carbons (Fsp3) is 0.600. The molecule has 1 aliphatic heterocycles. The van der Waals surface area contributed by atoms with E-state index in [-0.39, 0.29) is 6.10 Å². The van der Waals surface area contributed by atoms with E-state index in [1.54, 1.807) is 0 Å². The molecule has 1 heterocycles. The van der Waals surface area contributed by atoms with Gasteiger partial charge in [0.1, 0.15) is 0 Å². The number of aryl methyl sites for hydroxylation is 2. The fourth-order valence-corrected chi connectivity index (χ4v) is 2.59. The number of hydrogen-bond donors (Lipinski definition) is 1. The zero-order valence-corrected chi connectivity index (χ0v) is 11.1. The number of benzene rings is 1. The molecular formula is C15H23NO. The Hall–Kier alpha value is -0.860. The van der Waals surface area contributed by atoms with E-state index in [9.17, 15) is 0 Å². The minimum Gasteiger partial charge on any atom is -0.368 e. The van der Waals surface area contributed by atoms with Gasteiger partial charge in [-0.15, -0.1) is 0 Å². The van der Waals surface area contributed by atoms with E-state index in [1.807, 2.05) is 0 Å². The van der Waals surface area contributed by atoms with Crippen LogP contribution in [0.1, 0.15) is 42.6 Å². The van der Waals surface area contributed by atoms with E-state index >= 15 is 0 Å². The number of ether oxygens (including phenoxy) is 1. The lowest BCUT2D eigenvalue weighted by atomic mass is 10.0. The van der Waals surface area contributed by atoms with Crippen molar-refractivity contribution in [2.75, 3.05) is 13.1 Å². The smallest absolute Gasteiger partial charge is 0.0953 e. The maximum absolute atomic E-state index is 6.16. The van der Waals surface area contributed by atoms with Gasteiger partial charge in [-0.3, -0.25) is 0 Å². The maximum atomic E-state index is 6.16. The molecule has 17 heavy (non-hydrogen) atoms. The van der Waals surface area contributed by atoms with Crippen LogP contribution >= 0.6 is 0 Å². The standard InChI is InChI=1S/C15H23NO/c1-4-5-14-9-16-10-15(17-14)13-7-11(2)6-12(3)8-13/h6-8,14-16H,4-5,9-10H2,1-3H3. The first-order chi connectivity index (χ1) is 8.19. The average Bonchev–Trinajstić information content (AvgIpc) is 2.28. The van der Waals surface area contributed by atoms with Crippen LogP contribution in [-0.2, 0) is 4.74 Å². The van der Waals surface area contributed by atoms with Crippen LogP contribution in [-0.4, -0.2) is 19.2 Å². The summed E-state index contributed by atoms with van der Waals surface area (Å²) in [4.78, 5) is 0. The van der Waals surface area contributed by atoms with Gasteiger partial charge in [0.05, 0.1) is 12.2 Å². The Bertz CT molecular complexity index is 353. The van der Waals surface area contributed by atoms with E-state index < -0.39 is 0 Å². The van der Waals surface area contributed by atoms with Crippen LogP contribution in [0.3, 0.4) is 0 Å². The van der Waals surface area contributed by atoms with Crippen molar-refractivity contribution in [1.82, 2.24) is 5.32 Å².